The quantitative estimate of drug-likeness (QED) is 0.682. The van der Waals surface area contributed by atoms with Gasteiger partial charge in [-0.1, -0.05) is 0 Å². The van der Waals surface area contributed by atoms with Gasteiger partial charge in [-0.2, -0.15) is 10.5 Å². The van der Waals surface area contributed by atoms with E-state index in [1.807, 2.05) is 6.92 Å². The first-order valence-corrected chi connectivity index (χ1v) is 4.27. The van der Waals surface area contributed by atoms with Crippen LogP contribution in [0.3, 0.4) is 0 Å². The maximum Gasteiger partial charge on any atom is 0.296 e. The van der Waals surface area contributed by atoms with Crippen molar-refractivity contribution in [1.82, 2.24) is 15.0 Å². The highest BCUT2D eigenvalue weighted by Crippen LogP contribution is 2.21. The fraction of sp³-hybridized carbons (Fsp3) is 0.625. The van der Waals surface area contributed by atoms with Crippen LogP contribution in [-0.2, 0) is 17.9 Å². The van der Waals surface area contributed by atoms with Crippen molar-refractivity contribution in [1.29, 1.82) is 0 Å². The zero-order valence-corrected chi connectivity index (χ0v) is 7.83. The average molecular weight is 183 g/mol. The Morgan fingerprint density at radius 2 is 2.54 bits per heavy atom. The summed E-state index contributed by atoms with van der Waals surface area (Å²) in [6.07, 6.45) is 0. The van der Waals surface area contributed by atoms with Gasteiger partial charge in [-0.25, -0.2) is 0 Å². The molecule has 2 heterocycles. The molecule has 2 rings (SSSR count). The van der Waals surface area contributed by atoms with E-state index in [-0.39, 0.29) is 0 Å². The number of nitrogens with zero attached hydrogens (tertiary/aromatic N) is 2. The molecule has 0 aromatic carbocycles. The van der Waals surface area contributed by atoms with Crippen molar-refractivity contribution in [2.24, 2.45) is 0 Å². The number of nitrogens with one attached hydrogen (secondary N) is 1. The number of ether oxygens (including phenoxy) is 1. The van der Waals surface area contributed by atoms with Crippen LogP contribution in [0.25, 0.3) is 0 Å². The third-order valence-corrected chi connectivity index (χ3v) is 2.21. The molecule has 1 N–H and O–H groups in total. The molecule has 13 heavy (non-hydrogen) atoms. The Morgan fingerprint density at radius 1 is 1.69 bits per heavy atom. The van der Waals surface area contributed by atoms with E-state index in [0.29, 0.717) is 6.54 Å². The fourth-order valence-corrected chi connectivity index (χ4v) is 1.47. The van der Waals surface area contributed by atoms with Crippen LogP contribution in [-0.4, -0.2) is 23.3 Å². The van der Waals surface area contributed by atoms with Crippen LogP contribution in [0.5, 0.6) is 6.01 Å². The average Bonchev–Trinajstić information content (AvgIpc) is 2.67. The first-order chi connectivity index (χ1) is 6.33. The third-order valence-electron chi connectivity index (χ3n) is 2.21. The predicted octanol–water partition coefficient (Wildman–Crippen LogP) is 0.235. The lowest BCUT2D eigenvalue weighted by atomic mass is 10.3. The SMILES string of the molecule is CONCc1nc2n(c1C)CCO2. The molecule has 72 valence electrons. The Morgan fingerprint density at radius 3 is 3.23 bits per heavy atom. The molecule has 5 heteroatoms. The van der Waals surface area contributed by atoms with Gasteiger partial charge >= 0.3 is 0 Å². The summed E-state index contributed by atoms with van der Waals surface area (Å²) in [6.45, 7) is 4.30. The van der Waals surface area contributed by atoms with E-state index in [1.54, 1.807) is 7.11 Å². The Hall–Kier alpha value is -1.07. The minimum atomic E-state index is 0.617. The number of hydrogen-bond acceptors (Lipinski definition) is 4. The largest absolute Gasteiger partial charge is 0.463 e. The van der Waals surface area contributed by atoms with Crippen molar-refractivity contribution in [3.8, 4) is 6.01 Å². The Balaban J connectivity index is 2.18. The van der Waals surface area contributed by atoms with Crippen LogP contribution >= 0.6 is 0 Å². The number of imidazole rings is 1. The summed E-state index contributed by atoms with van der Waals surface area (Å²) in [5.74, 6) is 0. The van der Waals surface area contributed by atoms with Gasteiger partial charge in [0.15, 0.2) is 0 Å². The molecular formula is C8H13N3O2. The molecule has 0 unspecified atom stereocenters. The summed E-state index contributed by atoms with van der Waals surface area (Å²) in [5.41, 5.74) is 4.90. The normalized spacial score (nSPS) is 14.3. The van der Waals surface area contributed by atoms with Crippen molar-refractivity contribution in [2.45, 2.75) is 20.0 Å². The van der Waals surface area contributed by atoms with E-state index in [4.69, 9.17) is 9.57 Å². The minimum Gasteiger partial charge on any atom is -0.463 e. The Labute approximate surface area is 76.6 Å². The summed E-state index contributed by atoms with van der Waals surface area (Å²) in [6, 6.07) is 0.727. The molecule has 0 aliphatic carbocycles. The molecule has 0 radical (unpaired) electrons. The van der Waals surface area contributed by atoms with Crippen molar-refractivity contribution in [3.63, 3.8) is 0 Å². The van der Waals surface area contributed by atoms with Gasteiger partial charge in [0.25, 0.3) is 6.01 Å². The van der Waals surface area contributed by atoms with Gasteiger partial charge in [0.1, 0.15) is 6.61 Å². The molecule has 0 amide bonds. The number of hydroxylamine groups is 1. The van der Waals surface area contributed by atoms with Crippen molar-refractivity contribution < 1.29 is 9.57 Å². The van der Waals surface area contributed by atoms with Crippen LogP contribution in [0.15, 0.2) is 0 Å². The first kappa shape index (κ1) is 8.52. The third kappa shape index (κ3) is 1.40. The number of fused-ring (bicyclic) bond motifs is 1. The molecule has 1 aliphatic rings. The van der Waals surface area contributed by atoms with Gasteiger partial charge in [-0.15, -0.1) is 0 Å². The van der Waals surface area contributed by atoms with E-state index in [9.17, 15) is 0 Å². The van der Waals surface area contributed by atoms with Gasteiger partial charge in [-0.05, 0) is 6.92 Å². The standard InChI is InChI=1S/C8H13N3O2/c1-6-7(5-9-12-2)10-8-11(6)3-4-13-8/h9H,3-5H2,1-2H3. The molecule has 1 aromatic rings. The second kappa shape index (κ2) is 3.35. The summed E-state index contributed by atoms with van der Waals surface area (Å²) >= 11 is 0. The lowest BCUT2D eigenvalue weighted by Gasteiger charge is -2.00. The molecule has 0 spiro atoms. The molecule has 0 atom stereocenters. The van der Waals surface area contributed by atoms with Gasteiger partial charge in [0, 0.05) is 5.69 Å². The van der Waals surface area contributed by atoms with Gasteiger partial charge in [0.2, 0.25) is 0 Å². The monoisotopic (exact) mass is 183 g/mol. The van der Waals surface area contributed by atoms with E-state index in [0.717, 1.165) is 30.5 Å². The Kier molecular flexibility index (Phi) is 2.20. The van der Waals surface area contributed by atoms with Crippen LogP contribution in [0.1, 0.15) is 11.4 Å². The highest BCUT2D eigenvalue weighted by Gasteiger charge is 2.18. The van der Waals surface area contributed by atoms with Crippen LogP contribution in [0.2, 0.25) is 0 Å². The summed E-state index contributed by atoms with van der Waals surface area (Å²) in [5, 5.41) is 0. The highest BCUT2D eigenvalue weighted by atomic mass is 16.6. The van der Waals surface area contributed by atoms with Crippen molar-refractivity contribution in [2.75, 3.05) is 13.7 Å². The second-order valence-electron chi connectivity index (χ2n) is 2.95. The van der Waals surface area contributed by atoms with Gasteiger partial charge < -0.3 is 9.57 Å². The summed E-state index contributed by atoms with van der Waals surface area (Å²) in [7, 11) is 1.59. The van der Waals surface area contributed by atoms with Crippen molar-refractivity contribution in [3.05, 3.63) is 11.4 Å². The number of hydrogen-bond donors (Lipinski definition) is 1. The van der Waals surface area contributed by atoms with Crippen LogP contribution in [0.4, 0.5) is 0 Å². The topological polar surface area (TPSA) is 48.3 Å². The maximum atomic E-state index is 5.32. The molecule has 0 bridgehead atoms. The maximum absolute atomic E-state index is 5.32. The van der Waals surface area contributed by atoms with E-state index >= 15 is 0 Å². The van der Waals surface area contributed by atoms with Crippen LogP contribution in [0, 0.1) is 6.92 Å². The summed E-state index contributed by atoms with van der Waals surface area (Å²) in [4.78, 5) is 9.09. The molecule has 1 aliphatic heterocycles. The lowest BCUT2D eigenvalue weighted by molar-refractivity contribution is 0.0856. The van der Waals surface area contributed by atoms with Crippen molar-refractivity contribution >= 4 is 0 Å². The fourth-order valence-electron chi connectivity index (χ4n) is 1.47. The molecule has 1 aromatic heterocycles. The van der Waals surface area contributed by atoms with E-state index in [1.165, 1.54) is 0 Å². The smallest absolute Gasteiger partial charge is 0.296 e. The first-order valence-electron chi connectivity index (χ1n) is 4.27. The van der Waals surface area contributed by atoms with Gasteiger partial charge in [-0.3, -0.25) is 4.57 Å². The molecule has 5 nitrogen and oxygen atoms in total. The zero-order chi connectivity index (χ0) is 9.26. The Bertz CT molecular complexity index is 309. The molecule has 0 fully saturated rings. The highest BCUT2D eigenvalue weighted by molar-refractivity contribution is 5.20. The molecular weight excluding hydrogens is 170 g/mol. The molecule has 0 saturated carbocycles. The number of rotatable bonds is 3. The summed E-state index contributed by atoms with van der Waals surface area (Å²) < 4.78 is 7.40. The van der Waals surface area contributed by atoms with Gasteiger partial charge in [0.05, 0.1) is 25.9 Å². The minimum absolute atomic E-state index is 0.617. The zero-order valence-electron chi connectivity index (χ0n) is 7.83. The lowest BCUT2D eigenvalue weighted by Crippen LogP contribution is -2.12. The number of aromatic nitrogens is 2. The van der Waals surface area contributed by atoms with E-state index in [2.05, 4.69) is 15.0 Å². The predicted molar refractivity (Wildman–Crippen MR) is 46.3 cm³/mol. The molecule has 0 saturated heterocycles. The second-order valence-corrected chi connectivity index (χ2v) is 2.95. The van der Waals surface area contributed by atoms with Crippen LogP contribution < -0.4 is 10.2 Å². The van der Waals surface area contributed by atoms with E-state index < -0.39 is 0 Å².